The van der Waals surface area contributed by atoms with Gasteiger partial charge in [0.25, 0.3) is 0 Å². The van der Waals surface area contributed by atoms with Crippen molar-refractivity contribution in [2.75, 3.05) is 13.2 Å². The summed E-state index contributed by atoms with van der Waals surface area (Å²) in [6.07, 6.45) is 8.71. The van der Waals surface area contributed by atoms with Gasteiger partial charge in [-0.1, -0.05) is 6.07 Å². The van der Waals surface area contributed by atoms with E-state index >= 15 is 0 Å². The van der Waals surface area contributed by atoms with E-state index < -0.39 is 0 Å². The zero-order valence-corrected chi connectivity index (χ0v) is 9.97. The normalized spacial score (nSPS) is 22.1. The van der Waals surface area contributed by atoms with E-state index in [9.17, 15) is 0 Å². The molecule has 1 aliphatic heterocycles. The lowest BCUT2D eigenvalue weighted by molar-refractivity contribution is 0.0830. The van der Waals surface area contributed by atoms with Crippen LogP contribution in [0.2, 0.25) is 0 Å². The third kappa shape index (κ3) is 2.44. The summed E-state index contributed by atoms with van der Waals surface area (Å²) in [7, 11) is 0. The minimum absolute atomic E-state index is 0.350. The molecule has 1 saturated carbocycles. The van der Waals surface area contributed by atoms with Gasteiger partial charge in [-0.3, -0.25) is 0 Å². The number of nitrogens with zero attached hydrogens (tertiary/aromatic N) is 1. The number of rotatable bonds is 3. The summed E-state index contributed by atoms with van der Waals surface area (Å²) >= 11 is 0. The van der Waals surface area contributed by atoms with E-state index in [0.29, 0.717) is 12.0 Å². The highest BCUT2D eigenvalue weighted by Crippen LogP contribution is 2.34. The molecule has 0 spiro atoms. The van der Waals surface area contributed by atoms with Gasteiger partial charge in [0.05, 0.1) is 0 Å². The Morgan fingerprint density at radius 3 is 2.76 bits per heavy atom. The van der Waals surface area contributed by atoms with Gasteiger partial charge >= 0.3 is 0 Å². The molecular formula is C14H18NO2. The van der Waals surface area contributed by atoms with Crippen LogP contribution in [0.1, 0.15) is 37.2 Å². The third-order valence-corrected chi connectivity index (χ3v) is 3.60. The van der Waals surface area contributed by atoms with Crippen LogP contribution in [0.25, 0.3) is 0 Å². The summed E-state index contributed by atoms with van der Waals surface area (Å²) in [5.41, 5.74) is 1.27. The van der Waals surface area contributed by atoms with Crippen LogP contribution in [-0.2, 0) is 4.74 Å². The Bertz CT molecular complexity index is 370. The summed E-state index contributed by atoms with van der Waals surface area (Å²) in [4.78, 5) is 4.40. The molecule has 1 radical (unpaired) electrons. The fraction of sp³-hybridized carbons (Fsp3) is 0.571. The number of hydrogen-bond acceptors (Lipinski definition) is 3. The lowest BCUT2D eigenvalue weighted by atomic mass is 9.92. The lowest BCUT2D eigenvalue weighted by Gasteiger charge is -2.29. The van der Waals surface area contributed by atoms with Gasteiger partial charge in [-0.25, -0.2) is 4.98 Å². The molecule has 0 amide bonds. The molecule has 2 heterocycles. The number of pyridine rings is 1. The average molecular weight is 232 g/mol. The Kier molecular flexibility index (Phi) is 3.27. The molecule has 17 heavy (non-hydrogen) atoms. The molecular weight excluding hydrogens is 214 g/mol. The van der Waals surface area contributed by atoms with E-state index in [4.69, 9.17) is 9.47 Å². The van der Waals surface area contributed by atoms with E-state index in [-0.39, 0.29) is 0 Å². The first-order valence-electron chi connectivity index (χ1n) is 6.44. The van der Waals surface area contributed by atoms with Gasteiger partial charge in [0.15, 0.2) is 0 Å². The van der Waals surface area contributed by atoms with Crippen LogP contribution in [0.15, 0.2) is 18.3 Å². The first-order chi connectivity index (χ1) is 8.43. The van der Waals surface area contributed by atoms with Gasteiger partial charge in [0.1, 0.15) is 6.10 Å². The van der Waals surface area contributed by atoms with E-state index in [0.717, 1.165) is 44.8 Å². The van der Waals surface area contributed by atoms with Crippen molar-refractivity contribution in [3.05, 3.63) is 30.3 Å². The highest BCUT2D eigenvalue weighted by atomic mass is 16.5. The van der Waals surface area contributed by atoms with Crippen molar-refractivity contribution in [1.82, 2.24) is 4.98 Å². The van der Waals surface area contributed by atoms with Gasteiger partial charge < -0.3 is 9.47 Å². The van der Waals surface area contributed by atoms with Gasteiger partial charge in [-0.15, -0.1) is 0 Å². The van der Waals surface area contributed by atoms with Crippen molar-refractivity contribution >= 4 is 0 Å². The third-order valence-electron chi connectivity index (χ3n) is 3.60. The minimum atomic E-state index is 0.350. The van der Waals surface area contributed by atoms with Crippen LogP contribution in [0.4, 0.5) is 0 Å². The highest BCUT2D eigenvalue weighted by molar-refractivity contribution is 5.30. The van der Waals surface area contributed by atoms with E-state index in [1.807, 2.05) is 12.3 Å². The second-order valence-corrected chi connectivity index (χ2v) is 4.78. The van der Waals surface area contributed by atoms with Crippen molar-refractivity contribution in [3.63, 3.8) is 0 Å². The summed E-state index contributed by atoms with van der Waals surface area (Å²) in [6, 6.07) is 4.16. The SMILES string of the molecule is [CH]1CC(Oc2ncccc2C2CCOCC2)C1. The topological polar surface area (TPSA) is 31.4 Å². The van der Waals surface area contributed by atoms with Gasteiger partial charge in [-0.2, -0.15) is 0 Å². The first-order valence-corrected chi connectivity index (χ1v) is 6.44. The molecule has 0 aromatic carbocycles. The Hall–Kier alpha value is -1.09. The van der Waals surface area contributed by atoms with E-state index in [2.05, 4.69) is 17.5 Å². The lowest BCUT2D eigenvalue weighted by Crippen LogP contribution is -2.26. The summed E-state index contributed by atoms with van der Waals surface area (Å²) < 4.78 is 11.4. The fourth-order valence-corrected chi connectivity index (χ4v) is 2.38. The molecule has 1 aromatic heterocycles. The minimum Gasteiger partial charge on any atom is -0.474 e. The van der Waals surface area contributed by atoms with Crippen molar-refractivity contribution in [2.24, 2.45) is 0 Å². The maximum Gasteiger partial charge on any atom is 0.217 e. The van der Waals surface area contributed by atoms with Crippen LogP contribution in [0.5, 0.6) is 5.88 Å². The molecule has 1 aliphatic carbocycles. The standard InChI is InChI=1S/C14H18NO2/c1-3-12(4-1)17-14-13(5-2-8-15-14)11-6-9-16-10-7-11/h1-2,5,8,11-12H,3-4,6-7,9-10H2. The van der Waals surface area contributed by atoms with Crippen molar-refractivity contribution in [2.45, 2.75) is 37.7 Å². The molecule has 2 aliphatic rings. The molecule has 3 rings (SSSR count). The van der Waals surface area contributed by atoms with Crippen LogP contribution in [-0.4, -0.2) is 24.3 Å². The first kappa shape index (κ1) is 11.0. The van der Waals surface area contributed by atoms with Crippen LogP contribution in [0, 0.1) is 6.42 Å². The fourth-order valence-electron chi connectivity index (χ4n) is 2.38. The Balaban J connectivity index is 1.76. The molecule has 2 fully saturated rings. The van der Waals surface area contributed by atoms with Gasteiger partial charge in [-0.05, 0) is 44.1 Å². The quantitative estimate of drug-likeness (QED) is 0.803. The predicted molar refractivity (Wildman–Crippen MR) is 65.0 cm³/mol. The molecule has 3 heteroatoms. The molecule has 1 saturated heterocycles. The Morgan fingerprint density at radius 1 is 1.24 bits per heavy atom. The van der Waals surface area contributed by atoms with Gasteiger partial charge in [0, 0.05) is 25.0 Å². The smallest absolute Gasteiger partial charge is 0.217 e. The second-order valence-electron chi connectivity index (χ2n) is 4.78. The Morgan fingerprint density at radius 2 is 2.06 bits per heavy atom. The summed E-state index contributed by atoms with van der Waals surface area (Å²) in [5, 5.41) is 0. The van der Waals surface area contributed by atoms with E-state index in [1.54, 1.807) is 0 Å². The summed E-state index contributed by atoms with van der Waals surface area (Å²) in [5.74, 6) is 1.40. The number of ether oxygens (including phenoxy) is 2. The number of hydrogen-bond donors (Lipinski definition) is 0. The Labute approximate surface area is 102 Å². The molecule has 3 nitrogen and oxygen atoms in total. The summed E-state index contributed by atoms with van der Waals surface area (Å²) in [6.45, 7) is 1.71. The molecule has 0 N–H and O–H groups in total. The van der Waals surface area contributed by atoms with Crippen molar-refractivity contribution in [1.29, 1.82) is 0 Å². The van der Waals surface area contributed by atoms with Crippen molar-refractivity contribution in [3.8, 4) is 5.88 Å². The maximum atomic E-state index is 5.95. The molecule has 0 unspecified atom stereocenters. The van der Waals surface area contributed by atoms with Crippen LogP contribution in [0.3, 0.4) is 0 Å². The van der Waals surface area contributed by atoms with E-state index in [1.165, 1.54) is 5.56 Å². The number of aromatic nitrogens is 1. The maximum absolute atomic E-state index is 5.95. The molecule has 0 bridgehead atoms. The monoisotopic (exact) mass is 232 g/mol. The zero-order valence-electron chi connectivity index (χ0n) is 9.97. The molecule has 1 aromatic rings. The largest absolute Gasteiger partial charge is 0.474 e. The van der Waals surface area contributed by atoms with Gasteiger partial charge in [0.2, 0.25) is 5.88 Å². The van der Waals surface area contributed by atoms with Crippen LogP contribution >= 0.6 is 0 Å². The highest BCUT2D eigenvalue weighted by Gasteiger charge is 2.24. The van der Waals surface area contributed by atoms with Crippen LogP contribution < -0.4 is 4.74 Å². The molecule has 0 atom stereocenters. The molecule has 91 valence electrons. The van der Waals surface area contributed by atoms with Crippen molar-refractivity contribution < 1.29 is 9.47 Å². The zero-order chi connectivity index (χ0) is 11.5. The average Bonchev–Trinajstić information content (AvgIpc) is 2.35. The predicted octanol–water partition coefficient (Wildman–Crippen LogP) is 2.72. The second kappa shape index (κ2) is 5.05.